The molecule has 2 aliphatic heterocycles. The van der Waals surface area contributed by atoms with Crippen LogP contribution in [0.15, 0.2) is 48.5 Å². The van der Waals surface area contributed by atoms with Gasteiger partial charge >= 0.3 is 6.03 Å². The number of piperidine rings is 1. The average Bonchev–Trinajstić information content (AvgIpc) is 3.03. The average molecular weight is 416 g/mol. The predicted molar refractivity (Wildman–Crippen MR) is 116 cm³/mol. The third kappa shape index (κ3) is 3.77. The first-order valence-electron chi connectivity index (χ1n) is 9.56. The van der Waals surface area contributed by atoms with Crippen LogP contribution in [0.4, 0.5) is 10.5 Å². The molecule has 2 aliphatic rings. The van der Waals surface area contributed by atoms with E-state index < -0.39 is 0 Å². The molecule has 2 amide bonds. The minimum absolute atomic E-state index is 0.0540. The number of rotatable bonds is 3. The summed E-state index contributed by atoms with van der Waals surface area (Å²) in [6, 6.07) is 13.7. The summed E-state index contributed by atoms with van der Waals surface area (Å²) in [6.45, 7) is 3.19. The van der Waals surface area contributed by atoms with Gasteiger partial charge in [0, 0.05) is 24.2 Å². The van der Waals surface area contributed by atoms with E-state index in [1.807, 2.05) is 29.2 Å². The number of carbonyl (C=O) groups is 1. The fourth-order valence-electron chi connectivity index (χ4n) is 4.20. The molecule has 1 saturated heterocycles. The summed E-state index contributed by atoms with van der Waals surface area (Å²) in [5.74, 6) is 0. The lowest BCUT2D eigenvalue weighted by atomic mass is 9.75. The number of para-hydroxylation sites is 1. The second kappa shape index (κ2) is 8.16. The Morgan fingerprint density at radius 2 is 1.93 bits per heavy atom. The molecule has 0 unspecified atom stereocenters. The van der Waals surface area contributed by atoms with E-state index in [0.717, 1.165) is 43.7 Å². The van der Waals surface area contributed by atoms with Crippen molar-refractivity contribution in [3.05, 3.63) is 69.7 Å². The van der Waals surface area contributed by atoms with E-state index in [9.17, 15) is 4.79 Å². The first-order chi connectivity index (χ1) is 13.6. The van der Waals surface area contributed by atoms with Crippen molar-refractivity contribution in [1.29, 1.82) is 0 Å². The zero-order chi connectivity index (χ0) is 19.6. The van der Waals surface area contributed by atoms with Gasteiger partial charge in [0.05, 0.1) is 10.0 Å². The van der Waals surface area contributed by atoms with E-state index in [-0.39, 0.29) is 11.4 Å². The summed E-state index contributed by atoms with van der Waals surface area (Å²) in [5, 5.41) is 7.49. The van der Waals surface area contributed by atoms with E-state index in [4.69, 9.17) is 23.2 Å². The molecule has 4 nitrogen and oxygen atoms in total. The van der Waals surface area contributed by atoms with Gasteiger partial charge in [-0.2, -0.15) is 0 Å². The van der Waals surface area contributed by atoms with Crippen LogP contribution in [-0.2, 0) is 5.41 Å². The highest BCUT2D eigenvalue weighted by atomic mass is 35.5. The van der Waals surface area contributed by atoms with Crippen molar-refractivity contribution in [2.24, 2.45) is 0 Å². The molecular weight excluding hydrogens is 393 g/mol. The van der Waals surface area contributed by atoms with E-state index in [0.29, 0.717) is 16.6 Å². The molecule has 0 saturated carbocycles. The summed E-state index contributed by atoms with van der Waals surface area (Å²) in [6.07, 6.45) is 5.96. The van der Waals surface area contributed by atoms with Crippen LogP contribution in [0, 0.1) is 0 Å². The maximum absolute atomic E-state index is 12.9. The number of halogens is 2. The van der Waals surface area contributed by atoms with Crippen LogP contribution in [0.2, 0.25) is 10.0 Å². The zero-order valence-corrected chi connectivity index (χ0v) is 17.1. The number of nitrogens with zero attached hydrogens (tertiary/aromatic N) is 1. The smallest absolute Gasteiger partial charge is 0.322 e. The molecule has 2 aromatic carbocycles. The molecule has 1 fully saturated rings. The number of carbonyl (C=O) groups excluding carboxylic acids is 1. The molecule has 0 aromatic heterocycles. The van der Waals surface area contributed by atoms with Gasteiger partial charge in [-0.15, -0.1) is 0 Å². The van der Waals surface area contributed by atoms with Crippen LogP contribution in [0.1, 0.15) is 24.0 Å². The third-order valence-electron chi connectivity index (χ3n) is 5.66. The molecule has 146 valence electrons. The zero-order valence-electron chi connectivity index (χ0n) is 15.6. The first kappa shape index (κ1) is 19.3. The van der Waals surface area contributed by atoms with Crippen LogP contribution in [0.5, 0.6) is 0 Å². The Balaban J connectivity index is 1.42. The van der Waals surface area contributed by atoms with Crippen LogP contribution < -0.4 is 15.5 Å². The Kier molecular flexibility index (Phi) is 5.63. The number of fused-ring (bicyclic) bond motifs is 2. The van der Waals surface area contributed by atoms with Crippen molar-refractivity contribution in [2.45, 2.75) is 18.3 Å². The maximum atomic E-state index is 12.9. The number of benzene rings is 2. The lowest BCUT2D eigenvalue weighted by molar-refractivity contribution is 0.244. The fourth-order valence-corrected chi connectivity index (χ4v) is 4.50. The van der Waals surface area contributed by atoms with Gasteiger partial charge in [0.15, 0.2) is 0 Å². The van der Waals surface area contributed by atoms with Gasteiger partial charge in [-0.1, -0.05) is 59.6 Å². The van der Waals surface area contributed by atoms with Gasteiger partial charge in [0.25, 0.3) is 0 Å². The number of urea groups is 1. The quantitative estimate of drug-likeness (QED) is 0.751. The van der Waals surface area contributed by atoms with Crippen molar-refractivity contribution >= 4 is 41.0 Å². The monoisotopic (exact) mass is 415 g/mol. The highest BCUT2D eigenvalue weighted by molar-refractivity contribution is 6.42. The molecule has 2 aromatic rings. The summed E-state index contributed by atoms with van der Waals surface area (Å²) < 4.78 is 0. The van der Waals surface area contributed by atoms with E-state index in [2.05, 4.69) is 28.8 Å². The third-order valence-corrected chi connectivity index (χ3v) is 6.40. The largest absolute Gasteiger partial charge is 0.334 e. The summed E-state index contributed by atoms with van der Waals surface area (Å²) in [5.41, 5.74) is 3.37. The number of nitrogens with one attached hydrogen (secondary N) is 2. The van der Waals surface area contributed by atoms with Crippen LogP contribution >= 0.6 is 23.2 Å². The van der Waals surface area contributed by atoms with Gasteiger partial charge < -0.3 is 10.6 Å². The Bertz CT molecular complexity index is 906. The maximum Gasteiger partial charge on any atom is 0.322 e. The minimum atomic E-state index is -0.0540. The molecular formula is C22H23Cl2N3O. The molecule has 0 bridgehead atoms. The highest BCUT2D eigenvalue weighted by Gasteiger charge is 2.44. The van der Waals surface area contributed by atoms with Gasteiger partial charge in [-0.3, -0.25) is 4.90 Å². The molecule has 0 aliphatic carbocycles. The van der Waals surface area contributed by atoms with Crippen LogP contribution in [0.25, 0.3) is 6.08 Å². The number of anilines is 1. The Hall–Kier alpha value is -2.01. The van der Waals surface area contributed by atoms with Gasteiger partial charge in [-0.25, -0.2) is 4.79 Å². The molecule has 4 rings (SSSR count). The van der Waals surface area contributed by atoms with Gasteiger partial charge in [0.2, 0.25) is 0 Å². The molecule has 6 heteroatoms. The van der Waals surface area contributed by atoms with E-state index in [1.165, 1.54) is 5.56 Å². The summed E-state index contributed by atoms with van der Waals surface area (Å²) in [4.78, 5) is 14.8. The molecule has 28 heavy (non-hydrogen) atoms. The van der Waals surface area contributed by atoms with Crippen molar-refractivity contribution < 1.29 is 4.79 Å². The van der Waals surface area contributed by atoms with Crippen LogP contribution in [0.3, 0.4) is 0 Å². The van der Waals surface area contributed by atoms with Gasteiger partial charge in [0.1, 0.15) is 0 Å². The lowest BCUT2D eigenvalue weighted by Gasteiger charge is -2.34. The van der Waals surface area contributed by atoms with Crippen molar-refractivity contribution in [1.82, 2.24) is 10.6 Å². The second-order valence-corrected chi connectivity index (χ2v) is 8.21. The number of hydrogen-bond donors (Lipinski definition) is 2. The SMILES string of the molecule is O=C(NCC=Cc1ccc(Cl)c(Cl)c1)N1CC2(CCNCC2)c2ccccc21. The predicted octanol–water partition coefficient (Wildman–Crippen LogP) is 4.86. The molecule has 2 heterocycles. The van der Waals surface area contributed by atoms with Crippen molar-refractivity contribution in [3.8, 4) is 0 Å². The van der Waals surface area contributed by atoms with E-state index >= 15 is 0 Å². The topological polar surface area (TPSA) is 44.4 Å². The molecule has 2 N–H and O–H groups in total. The minimum Gasteiger partial charge on any atom is -0.334 e. The fraction of sp³-hybridized carbons (Fsp3) is 0.318. The Labute approximate surface area is 175 Å². The molecule has 1 spiro atoms. The van der Waals surface area contributed by atoms with Crippen molar-refractivity contribution in [3.63, 3.8) is 0 Å². The highest BCUT2D eigenvalue weighted by Crippen LogP contribution is 2.45. The Morgan fingerprint density at radius 3 is 2.71 bits per heavy atom. The second-order valence-electron chi connectivity index (χ2n) is 7.40. The summed E-state index contributed by atoms with van der Waals surface area (Å²) >= 11 is 12.0. The Morgan fingerprint density at radius 1 is 1.14 bits per heavy atom. The molecule has 0 radical (unpaired) electrons. The van der Waals surface area contributed by atoms with Crippen LogP contribution in [-0.4, -0.2) is 32.2 Å². The standard InChI is InChI=1S/C22H23Cl2N3O/c23-18-8-7-16(14-19(18)24)4-3-11-26-21(28)27-15-22(9-12-25-13-10-22)17-5-1-2-6-20(17)27/h1-8,14,25H,9-13,15H2,(H,26,28). The van der Waals surface area contributed by atoms with E-state index in [1.54, 1.807) is 12.1 Å². The number of hydrogen-bond acceptors (Lipinski definition) is 2. The summed E-state index contributed by atoms with van der Waals surface area (Å²) in [7, 11) is 0. The molecule has 0 atom stereocenters. The van der Waals surface area contributed by atoms with Gasteiger partial charge in [-0.05, 0) is 55.3 Å². The van der Waals surface area contributed by atoms with Crippen molar-refractivity contribution in [2.75, 3.05) is 31.1 Å². The number of amides is 2. The lowest BCUT2D eigenvalue weighted by Crippen LogP contribution is -2.46. The first-order valence-corrected chi connectivity index (χ1v) is 10.3. The normalized spacial score (nSPS) is 17.9.